The minimum Gasteiger partial charge on any atom is -0.490 e. The summed E-state index contributed by atoms with van der Waals surface area (Å²) in [5, 5.41) is 2.90. The maximum Gasteiger partial charge on any atom is 0.241 e. The standard InChI is InChI=1S/C20H22ClFN2O2/c1-4-11-26-17-8-5-15(6-9-17)13-24(3)14(2)20(25)23-19-10-7-16(22)12-18(19)21/h4-10,12,14H,1,11,13H2,2-3H3,(H,23,25)/t14-/m0/s1. The molecule has 0 aliphatic rings. The van der Waals surface area contributed by atoms with Gasteiger partial charge in [-0.05, 0) is 49.9 Å². The van der Waals surface area contributed by atoms with Gasteiger partial charge in [0.15, 0.2) is 0 Å². The van der Waals surface area contributed by atoms with Crippen molar-refractivity contribution < 1.29 is 13.9 Å². The lowest BCUT2D eigenvalue weighted by molar-refractivity contribution is -0.120. The van der Waals surface area contributed by atoms with Crippen molar-refractivity contribution in [2.45, 2.75) is 19.5 Å². The Morgan fingerprint density at radius 1 is 1.35 bits per heavy atom. The molecular weight excluding hydrogens is 355 g/mol. The molecule has 1 atom stereocenters. The molecule has 0 aliphatic heterocycles. The topological polar surface area (TPSA) is 41.6 Å². The van der Waals surface area contributed by atoms with E-state index in [0.29, 0.717) is 18.8 Å². The summed E-state index contributed by atoms with van der Waals surface area (Å²) in [5.41, 5.74) is 1.44. The highest BCUT2D eigenvalue weighted by Crippen LogP contribution is 2.23. The molecule has 1 amide bonds. The fraction of sp³-hybridized carbons (Fsp3) is 0.250. The fourth-order valence-electron chi connectivity index (χ4n) is 2.30. The molecule has 0 bridgehead atoms. The van der Waals surface area contributed by atoms with Crippen molar-refractivity contribution >= 4 is 23.2 Å². The van der Waals surface area contributed by atoms with Crippen molar-refractivity contribution in [3.8, 4) is 5.75 Å². The van der Waals surface area contributed by atoms with Crippen molar-refractivity contribution in [3.05, 3.63) is 71.5 Å². The summed E-state index contributed by atoms with van der Waals surface area (Å²) in [4.78, 5) is 14.3. The third kappa shape index (κ3) is 5.58. The summed E-state index contributed by atoms with van der Waals surface area (Å²) in [6, 6.07) is 11.2. The zero-order valence-corrected chi connectivity index (χ0v) is 15.6. The number of hydrogen-bond donors (Lipinski definition) is 1. The van der Waals surface area contributed by atoms with Gasteiger partial charge in [-0.15, -0.1) is 0 Å². The number of nitrogens with zero attached hydrogens (tertiary/aromatic N) is 1. The monoisotopic (exact) mass is 376 g/mol. The van der Waals surface area contributed by atoms with Crippen molar-refractivity contribution in [2.24, 2.45) is 0 Å². The average molecular weight is 377 g/mol. The van der Waals surface area contributed by atoms with Crippen LogP contribution in [0.15, 0.2) is 55.1 Å². The molecule has 2 aromatic carbocycles. The molecule has 0 fully saturated rings. The van der Waals surface area contributed by atoms with Gasteiger partial charge in [-0.3, -0.25) is 9.69 Å². The Kier molecular flexibility index (Phi) is 7.18. The van der Waals surface area contributed by atoms with E-state index in [0.717, 1.165) is 11.3 Å². The first-order valence-corrected chi connectivity index (χ1v) is 8.57. The van der Waals surface area contributed by atoms with Crippen LogP contribution in [0, 0.1) is 5.82 Å². The molecule has 0 unspecified atom stereocenters. The van der Waals surface area contributed by atoms with E-state index < -0.39 is 11.9 Å². The molecule has 0 saturated heterocycles. The molecule has 4 nitrogen and oxygen atoms in total. The summed E-state index contributed by atoms with van der Waals surface area (Å²) in [7, 11) is 1.86. The van der Waals surface area contributed by atoms with Gasteiger partial charge in [0.25, 0.3) is 0 Å². The first-order chi connectivity index (χ1) is 12.4. The van der Waals surface area contributed by atoms with Gasteiger partial charge in [0.05, 0.1) is 16.8 Å². The minimum absolute atomic E-state index is 0.170. The van der Waals surface area contributed by atoms with Crippen LogP contribution in [0.5, 0.6) is 5.75 Å². The summed E-state index contributed by atoms with van der Waals surface area (Å²) in [6.07, 6.45) is 1.69. The first-order valence-electron chi connectivity index (χ1n) is 8.19. The number of carbonyl (C=O) groups excluding carboxylic acids is 1. The largest absolute Gasteiger partial charge is 0.490 e. The van der Waals surface area contributed by atoms with Gasteiger partial charge in [0.2, 0.25) is 5.91 Å². The molecule has 26 heavy (non-hydrogen) atoms. The van der Waals surface area contributed by atoms with E-state index in [1.54, 1.807) is 13.0 Å². The van der Waals surface area contributed by atoms with Crippen LogP contribution in [0.25, 0.3) is 0 Å². The highest BCUT2D eigenvalue weighted by atomic mass is 35.5. The van der Waals surface area contributed by atoms with Crippen LogP contribution in [0.1, 0.15) is 12.5 Å². The van der Waals surface area contributed by atoms with Gasteiger partial charge in [-0.25, -0.2) is 4.39 Å². The lowest BCUT2D eigenvalue weighted by Gasteiger charge is -2.24. The van der Waals surface area contributed by atoms with E-state index >= 15 is 0 Å². The molecule has 0 aromatic heterocycles. The molecule has 1 N–H and O–H groups in total. The quantitative estimate of drug-likeness (QED) is 0.689. The lowest BCUT2D eigenvalue weighted by atomic mass is 10.1. The Hall–Kier alpha value is -2.37. The van der Waals surface area contributed by atoms with Crippen molar-refractivity contribution in [3.63, 3.8) is 0 Å². The Labute approximate surface area is 158 Å². The average Bonchev–Trinajstić information content (AvgIpc) is 2.62. The number of benzene rings is 2. The van der Waals surface area contributed by atoms with E-state index in [1.807, 2.05) is 36.2 Å². The van der Waals surface area contributed by atoms with Crippen molar-refractivity contribution in [1.29, 1.82) is 0 Å². The van der Waals surface area contributed by atoms with E-state index in [2.05, 4.69) is 11.9 Å². The maximum absolute atomic E-state index is 13.1. The first kappa shape index (κ1) is 19.9. The van der Waals surface area contributed by atoms with E-state index in [1.165, 1.54) is 18.2 Å². The smallest absolute Gasteiger partial charge is 0.241 e. The number of anilines is 1. The second kappa shape index (κ2) is 9.36. The summed E-state index contributed by atoms with van der Waals surface area (Å²) >= 11 is 5.95. The number of nitrogens with one attached hydrogen (secondary N) is 1. The summed E-state index contributed by atoms with van der Waals surface area (Å²) < 4.78 is 18.5. The molecule has 2 rings (SSSR count). The lowest BCUT2D eigenvalue weighted by Crippen LogP contribution is -2.39. The molecule has 0 radical (unpaired) electrons. The number of halogens is 2. The highest BCUT2D eigenvalue weighted by Gasteiger charge is 2.19. The minimum atomic E-state index is -0.446. The van der Waals surface area contributed by atoms with E-state index in [-0.39, 0.29) is 10.9 Å². The Balaban J connectivity index is 1.94. The Morgan fingerprint density at radius 3 is 2.65 bits per heavy atom. The second-order valence-corrected chi connectivity index (χ2v) is 6.36. The molecule has 0 spiro atoms. The SMILES string of the molecule is C=CCOc1ccc(CN(C)[C@@H](C)C(=O)Nc2ccc(F)cc2Cl)cc1. The van der Waals surface area contributed by atoms with E-state index in [9.17, 15) is 9.18 Å². The van der Waals surface area contributed by atoms with Crippen LogP contribution in [-0.4, -0.2) is 30.5 Å². The van der Waals surface area contributed by atoms with Gasteiger partial charge in [-0.2, -0.15) is 0 Å². The second-order valence-electron chi connectivity index (χ2n) is 5.95. The van der Waals surface area contributed by atoms with E-state index in [4.69, 9.17) is 16.3 Å². The maximum atomic E-state index is 13.1. The predicted molar refractivity (Wildman–Crippen MR) is 103 cm³/mol. The molecule has 6 heteroatoms. The van der Waals surface area contributed by atoms with Crippen LogP contribution in [0.2, 0.25) is 5.02 Å². The molecule has 138 valence electrons. The van der Waals surface area contributed by atoms with Crippen LogP contribution < -0.4 is 10.1 Å². The summed E-state index contributed by atoms with van der Waals surface area (Å²) in [5.74, 6) is 0.110. The van der Waals surface area contributed by atoms with Crippen molar-refractivity contribution in [1.82, 2.24) is 4.90 Å². The third-order valence-electron chi connectivity index (χ3n) is 3.95. The van der Waals surface area contributed by atoms with Crippen LogP contribution in [-0.2, 0) is 11.3 Å². The number of rotatable bonds is 8. The van der Waals surface area contributed by atoms with Gasteiger partial charge in [-0.1, -0.05) is 36.4 Å². The molecule has 0 saturated carbocycles. The molecular formula is C20H22ClFN2O2. The van der Waals surface area contributed by atoms with Crippen LogP contribution in [0.4, 0.5) is 10.1 Å². The fourth-order valence-corrected chi connectivity index (χ4v) is 2.51. The molecule has 2 aromatic rings. The zero-order valence-electron chi connectivity index (χ0n) is 14.8. The van der Waals surface area contributed by atoms with Gasteiger partial charge in [0, 0.05) is 6.54 Å². The predicted octanol–water partition coefficient (Wildman–Crippen LogP) is 4.50. The number of amides is 1. The molecule has 0 heterocycles. The van der Waals surface area contributed by atoms with Crippen LogP contribution >= 0.6 is 11.6 Å². The van der Waals surface area contributed by atoms with Crippen LogP contribution in [0.3, 0.4) is 0 Å². The normalized spacial score (nSPS) is 11.9. The number of ether oxygens (including phenoxy) is 1. The zero-order chi connectivity index (χ0) is 19.1. The highest BCUT2D eigenvalue weighted by molar-refractivity contribution is 6.33. The van der Waals surface area contributed by atoms with Gasteiger partial charge < -0.3 is 10.1 Å². The number of hydrogen-bond acceptors (Lipinski definition) is 3. The van der Waals surface area contributed by atoms with Gasteiger partial charge >= 0.3 is 0 Å². The Morgan fingerprint density at radius 2 is 2.04 bits per heavy atom. The molecule has 0 aliphatic carbocycles. The Bertz CT molecular complexity index is 765. The third-order valence-corrected chi connectivity index (χ3v) is 4.27. The summed E-state index contributed by atoms with van der Waals surface area (Å²) in [6.45, 7) is 6.46. The van der Waals surface area contributed by atoms with Crippen molar-refractivity contribution in [2.75, 3.05) is 19.0 Å². The number of likely N-dealkylation sites (N-methyl/N-ethyl adjacent to an activating group) is 1. The van der Waals surface area contributed by atoms with Gasteiger partial charge in [0.1, 0.15) is 18.2 Å². The number of carbonyl (C=O) groups is 1.